The molecule has 4 aromatic rings. The Labute approximate surface area is 215 Å². The van der Waals surface area contributed by atoms with Gasteiger partial charge in [-0.1, -0.05) is 66.7 Å². The normalized spacial score (nSPS) is 12.5. The van der Waals surface area contributed by atoms with Crippen molar-refractivity contribution in [2.75, 3.05) is 23.3 Å². The van der Waals surface area contributed by atoms with Crippen molar-refractivity contribution >= 4 is 23.2 Å². The van der Waals surface area contributed by atoms with Gasteiger partial charge in [-0.15, -0.1) is 0 Å². The third kappa shape index (κ3) is 5.70. The van der Waals surface area contributed by atoms with Crippen molar-refractivity contribution < 1.29 is 14.0 Å². The standard InChI is InChI=1S/C31H28FN3O2/c32-28-13-7-6-12-26(28)31(37)34-25-14-15-29(35-19-17-23-10-4-5-11-24(23)21-35)27(20-25)30(36)33-18-16-22-8-2-1-3-9-22/h1-15,20H,16-19,21H2,(H,33,36)(H,34,37). The van der Waals surface area contributed by atoms with Crippen molar-refractivity contribution in [2.24, 2.45) is 0 Å². The zero-order valence-corrected chi connectivity index (χ0v) is 20.4. The van der Waals surface area contributed by atoms with E-state index in [9.17, 15) is 14.0 Å². The van der Waals surface area contributed by atoms with Gasteiger partial charge >= 0.3 is 0 Å². The largest absolute Gasteiger partial charge is 0.366 e. The van der Waals surface area contributed by atoms with Crippen LogP contribution in [0.5, 0.6) is 0 Å². The molecule has 5 nitrogen and oxygen atoms in total. The number of amides is 2. The number of carbonyl (C=O) groups is 2. The molecule has 37 heavy (non-hydrogen) atoms. The first-order valence-corrected chi connectivity index (χ1v) is 12.4. The number of fused-ring (bicyclic) bond motifs is 1. The van der Waals surface area contributed by atoms with E-state index >= 15 is 0 Å². The zero-order chi connectivity index (χ0) is 25.6. The van der Waals surface area contributed by atoms with Crippen LogP contribution in [0.4, 0.5) is 15.8 Å². The summed E-state index contributed by atoms with van der Waals surface area (Å²) in [6.07, 6.45) is 1.60. The molecule has 2 N–H and O–H groups in total. The quantitative estimate of drug-likeness (QED) is 0.352. The number of hydrogen-bond donors (Lipinski definition) is 2. The summed E-state index contributed by atoms with van der Waals surface area (Å²) in [5, 5.41) is 5.77. The first-order chi connectivity index (χ1) is 18.1. The lowest BCUT2D eigenvalue weighted by atomic mass is 9.98. The van der Waals surface area contributed by atoms with Crippen molar-refractivity contribution in [2.45, 2.75) is 19.4 Å². The Balaban J connectivity index is 1.39. The van der Waals surface area contributed by atoms with E-state index in [4.69, 9.17) is 0 Å². The molecule has 5 rings (SSSR count). The molecule has 0 bridgehead atoms. The lowest BCUT2D eigenvalue weighted by Crippen LogP contribution is -2.33. The van der Waals surface area contributed by atoms with E-state index in [1.54, 1.807) is 18.2 Å². The molecule has 1 aliphatic heterocycles. The van der Waals surface area contributed by atoms with Crippen molar-refractivity contribution in [3.8, 4) is 0 Å². The second-order valence-corrected chi connectivity index (χ2v) is 9.10. The van der Waals surface area contributed by atoms with Crippen molar-refractivity contribution in [3.63, 3.8) is 0 Å². The Morgan fingerprint density at radius 1 is 0.784 bits per heavy atom. The molecule has 1 heterocycles. The van der Waals surface area contributed by atoms with E-state index in [0.29, 0.717) is 30.8 Å². The highest BCUT2D eigenvalue weighted by atomic mass is 19.1. The third-order valence-corrected chi connectivity index (χ3v) is 6.63. The Kier molecular flexibility index (Phi) is 7.26. The predicted octanol–water partition coefficient (Wildman–Crippen LogP) is 5.61. The maximum atomic E-state index is 14.1. The van der Waals surface area contributed by atoms with E-state index in [1.165, 1.54) is 29.3 Å². The van der Waals surface area contributed by atoms with Gasteiger partial charge in [-0.05, 0) is 59.9 Å². The highest BCUT2D eigenvalue weighted by Crippen LogP contribution is 2.30. The molecule has 1 aliphatic rings. The molecular weight excluding hydrogens is 465 g/mol. The van der Waals surface area contributed by atoms with Crippen LogP contribution in [0.15, 0.2) is 97.1 Å². The lowest BCUT2D eigenvalue weighted by Gasteiger charge is -2.32. The zero-order valence-electron chi connectivity index (χ0n) is 20.4. The molecule has 0 saturated heterocycles. The summed E-state index contributed by atoms with van der Waals surface area (Å²) in [6, 6.07) is 29.4. The van der Waals surface area contributed by atoms with Crippen LogP contribution < -0.4 is 15.5 Å². The first-order valence-electron chi connectivity index (χ1n) is 12.4. The van der Waals surface area contributed by atoms with E-state index in [2.05, 4.69) is 27.7 Å². The number of rotatable bonds is 7. The molecule has 2 amide bonds. The second-order valence-electron chi connectivity index (χ2n) is 9.10. The fourth-order valence-electron chi connectivity index (χ4n) is 4.68. The molecule has 186 valence electrons. The number of benzene rings is 4. The fourth-order valence-corrected chi connectivity index (χ4v) is 4.68. The summed E-state index contributed by atoms with van der Waals surface area (Å²) in [7, 11) is 0. The summed E-state index contributed by atoms with van der Waals surface area (Å²) in [6.45, 7) is 1.96. The second kappa shape index (κ2) is 11.1. The van der Waals surface area contributed by atoms with Crippen LogP contribution in [-0.2, 0) is 19.4 Å². The summed E-state index contributed by atoms with van der Waals surface area (Å²) < 4.78 is 14.1. The Bertz CT molecular complexity index is 1420. The van der Waals surface area contributed by atoms with Crippen LogP contribution in [0.3, 0.4) is 0 Å². The minimum atomic E-state index is -0.595. The molecule has 0 spiro atoms. The topological polar surface area (TPSA) is 61.4 Å². The molecular formula is C31H28FN3O2. The van der Waals surface area contributed by atoms with E-state index < -0.39 is 11.7 Å². The molecule has 0 radical (unpaired) electrons. The van der Waals surface area contributed by atoms with Gasteiger partial charge < -0.3 is 15.5 Å². The van der Waals surface area contributed by atoms with Gasteiger partial charge in [0.05, 0.1) is 11.1 Å². The highest BCUT2D eigenvalue weighted by molar-refractivity contribution is 6.06. The molecule has 0 aliphatic carbocycles. The molecule has 4 aromatic carbocycles. The summed E-state index contributed by atoms with van der Waals surface area (Å²) >= 11 is 0. The minimum absolute atomic E-state index is 0.0481. The van der Waals surface area contributed by atoms with Gasteiger partial charge in [0.2, 0.25) is 0 Å². The predicted molar refractivity (Wildman–Crippen MR) is 144 cm³/mol. The lowest BCUT2D eigenvalue weighted by molar-refractivity contribution is 0.0953. The number of nitrogens with one attached hydrogen (secondary N) is 2. The molecule has 6 heteroatoms. The minimum Gasteiger partial charge on any atom is -0.366 e. The van der Waals surface area contributed by atoms with E-state index in [-0.39, 0.29) is 11.5 Å². The Morgan fingerprint density at radius 3 is 2.32 bits per heavy atom. The Hall–Kier alpha value is -4.45. The molecule has 0 saturated carbocycles. The number of anilines is 2. The monoisotopic (exact) mass is 493 g/mol. The maximum Gasteiger partial charge on any atom is 0.258 e. The average Bonchev–Trinajstić information content (AvgIpc) is 2.93. The first kappa shape index (κ1) is 24.3. The number of carbonyl (C=O) groups excluding carboxylic acids is 2. The molecule has 0 unspecified atom stereocenters. The highest BCUT2D eigenvalue weighted by Gasteiger charge is 2.22. The van der Waals surface area contributed by atoms with Crippen LogP contribution in [-0.4, -0.2) is 24.9 Å². The van der Waals surface area contributed by atoms with Crippen LogP contribution in [0.1, 0.15) is 37.4 Å². The van der Waals surface area contributed by atoms with Gasteiger partial charge in [-0.2, -0.15) is 0 Å². The van der Waals surface area contributed by atoms with E-state index in [0.717, 1.165) is 24.2 Å². The van der Waals surface area contributed by atoms with Crippen LogP contribution in [0, 0.1) is 5.82 Å². The van der Waals surface area contributed by atoms with Crippen LogP contribution in [0.2, 0.25) is 0 Å². The number of nitrogens with zero attached hydrogens (tertiary/aromatic N) is 1. The van der Waals surface area contributed by atoms with Gasteiger partial charge in [-0.3, -0.25) is 9.59 Å². The molecule has 0 fully saturated rings. The smallest absolute Gasteiger partial charge is 0.258 e. The van der Waals surface area contributed by atoms with Crippen LogP contribution in [0.25, 0.3) is 0 Å². The van der Waals surface area contributed by atoms with Gasteiger partial charge in [0.1, 0.15) is 5.82 Å². The summed E-state index contributed by atoms with van der Waals surface area (Å²) in [4.78, 5) is 28.3. The maximum absolute atomic E-state index is 14.1. The van der Waals surface area contributed by atoms with Crippen LogP contribution >= 0.6 is 0 Å². The number of hydrogen-bond acceptors (Lipinski definition) is 3. The molecule has 0 aromatic heterocycles. The summed E-state index contributed by atoms with van der Waals surface area (Å²) in [5.41, 5.74) is 5.36. The van der Waals surface area contributed by atoms with Gasteiger partial charge in [-0.25, -0.2) is 4.39 Å². The summed E-state index contributed by atoms with van der Waals surface area (Å²) in [5.74, 6) is -1.37. The van der Waals surface area contributed by atoms with Crippen molar-refractivity contribution in [3.05, 3.63) is 131 Å². The van der Waals surface area contributed by atoms with Gasteiger partial charge in [0.25, 0.3) is 11.8 Å². The molecule has 0 atom stereocenters. The third-order valence-electron chi connectivity index (χ3n) is 6.63. The SMILES string of the molecule is O=C(Nc1ccc(N2CCc3ccccc3C2)c(C(=O)NCCc2ccccc2)c1)c1ccccc1F. The average molecular weight is 494 g/mol. The van der Waals surface area contributed by atoms with Crippen molar-refractivity contribution in [1.29, 1.82) is 0 Å². The van der Waals surface area contributed by atoms with Gasteiger partial charge in [0, 0.05) is 31.0 Å². The van der Waals surface area contributed by atoms with Crippen molar-refractivity contribution in [1.82, 2.24) is 5.32 Å². The Morgan fingerprint density at radius 2 is 1.51 bits per heavy atom. The fraction of sp³-hybridized carbons (Fsp3) is 0.161. The van der Waals surface area contributed by atoms with E-state index in [1.807, 2.05) is 48.5 Å². The van der Waals surface area contributed by atoms with Gasteiger partial charge in [0.15, 0.2) is 0 Å². The number of halogens is 1.